The van der Waals surface area contributed by atoms with Crippen LogP contribution in [-0.2, 0) is 16.4 Å². The second-order valence-corrected chi connectivity index (χ2v) is 10.6. The van der Waals surface area contributed by atoms with Crippen LogP contribution in [0.1, 0.15) is 5.56 Å². The van der Waals surface area contributed by atoms with Gasteiger partial charge in [0.15, 0.2) is 0 Å². The van der Waals surface area contributed by atoms with Gasteiger partial charge in [-0.2, -0.15) is 0 Å². The fourth-order valence-electron chi connectivity index (χ4n) is 3.13. The zero-order valence-electron chi connectivity index (χ0n) is 15.8. The Balaban J connectivity index is 1.89. The molecular formula is C19H19IN4O4S. The van der Waals surface area contributed by atoms with Crippen LogP contribution in [0.2, 0.25) is 0 Å². The Labute approximate surface area is 178 Å². The van der Waals surface area contributed by atoms with Crippen LogP contribution in [0.15, 0.2) is 52.5 Å². The van der Waals surface area contributed by atoms with Gasteiger partial charge >= 0.3 is 178 Å². The zero-order valence-corrected chi connectivity index (χ0v) is 18.8. The van der Waals surface area contributed by atoms with Crippen LogP contribution in [0.25, 0.3) is 11.0 Å². The first-order valence-corrected chi connectivity index (χ1v) is 12.8. The van der Waals surface area contributed by atoms with Gasteiger partial charge in [0.1, 0.15) is 0 Å². The molecule has 1 aromatic heterocycles. The number of nitrogens with zero attached hydrogens (tertiary/aromatic N) is 3. The third-order valence-corrected chi connectivity index (χ3v) is 7.91. The Morgan fingerprint density at radius 1 is 1.14 bits per heavy atom. The Hall–Kier alpha value is -2.31. The Morgan fingerprint density at radius 3 is 2.48 bits per heavy atom. The Bertz CT molecular complexity index is 1330. The molecule has 4 rings (SSSR count). The molecule has 1 aliphatic rings. The van der Waals surface area contributed by atoms with E-state index in [0.29, 0.717) is 17.9 Å². The SMILES string of the molecule is COc1cc2ncc3[n+](c2cc1OC)=C(Cc1ccc(S(N)(=O)=O)cc1)[I-]CN=3. The molecule has 152 valence electrons. The van der Waals surface area contributed by atoms with Gasteiger partial charge in [0.25, 0.3) is 0 Å². The first kappa shape index (κ1) is 20.0. The van der Waals surface area contributed by atoms with Gasteiger partial charge in [-0.05, 0) is 0 Å². The normalized spacial score (nSPS) is 14.0. The maximum absolute atomic E-state index is 11.5. The van der Waals surface area contributed by atoms with Crippen molar-refractivity contribution in [1.29, 1.82) is 0 Å². The van der Waals surface area contributed by atoms with Crippen molar-refractivity contribution in [3.63, 3.8) is 0 Å². The number of sulfonamides is 1. The summed E-state index contributed by atoms with van der Waals surface area (Å²) in [4.78, 5) is 9.28. The Kier molecular flexibility index (Phi) is 5.40. The van der Waals surface area contributed by atoms with Crippen LogP contribution in [0, 0.1) is 3.72 Å². The minimum atomic E-state index is -3.70. The van der Waals surface area contributed by atoms with Gasteiger partial charge in [-0.3, -0.25) is 0 Å². The minimum absolute atomic E-state index is 0.110. The number of alkyl halides is 1. The number of hydrogen-bond acceptors (Lipinski definition) is 6. The number of ether oxygens (including phenoxy) is 2. The molecule has 2 heterocycles. The van der Waals surface area contributed by atoms with Crippen LogP contribution in [-0.4, -0.2) is 32.2 Å². The van der Waals surface area contributed by atoms with E-state index in [1.165, 1.54) is 3.72 Å². The molecule has 0 unspecified atom stereocenters. The molecular weight excluding hydrogens is 507 g/mol. The molecule has 0 aliphatic carbocycles. The van der Waals surface area contributed by atoms with Crippen LogP contribution < -0.4 is 45.5 Å². The molecule has 0 saturated carbocycles. The fourth-order valence-corrected chi connectivity index (χ4v) is 6.11. The molecule has 0 radical (unpaired) electrons. The monoisotopic (exact) mass is 526 g/mol. The second-order valence-electron chi connectivity index (χ2n) is 6.30. The Morgan fingerprint density at radius 2 is 1.83 bits per heavy atom. The van der Waals surface area contributed by atoms with Crippen molar-refractivity contribution in [3.8, 4) is 11.5 Å². The number of aromatic nitrogens is 2. The predicted octanol–water partition coefficient (Wildman–Crippen LogP) is -2.55. The van der Waals surface area contributed by atoms with Crippen molar-refractivity contribution < 1.29 is 43.3 Å². The van der Waals surface area contributed by atoms with E-state index in [9.17, 15) is 8.42 Å². The number of fused-ring (bicyclic) bond motifs is 3. The van der Waals surface area contributed by atoms with Gasteiger partial charge in [-0.1, -0.05) is 0 Å². The standard InChI is InChI=1S/C19H19IN4O4S/c1-27-16-8-14-15(9-17(16)28-2)24-18(20-11-23-19(24)10-22-14)7-12-3-5-13(6-4-12)29(21,25)26/h3-6,8-10H,7,11H2,1-2H3,(H2,21,25,26). The second kappa shape index (κ2) is 7.84. The van der Waals surface area contributed by atoms with Gasteiger partial charge in [0, 0.05) is 0 Å². The summed E-state index contributed by atoms with van der Waals surface area (Å²) < 4.78 is 38.0. The van der Waals surface area contributed by atoms with Crippen molar-refractivity contribution in [1.82, 2.24) is 4.98 Å². The van der Waals surface area contributed by atoms with E-state index in [2.05, 4.69) is 14.2 Å². The molecule has 29 heavy (non-hydrogen) atoms. The molecule has 0 saturated heterocycles. The third kappa shape index (κ3) is 3.91. The van der Waals surface area contributed by atoms with Crippen LogP contribution in [0.5, 0.6) is 11.5 Å². The first-order valence-electron chi connectivity index (χ1n) is 8.62. The summed E-state index contributed by atoms with van der Waals surface area (Å²) in [5.74, 6) is 1.25. The van der Waals surface area contributed by atoms with E-state index in [0.717, 1.165) is 26.6 Å². The number of primary sulfonamides is 1. The van der Waals surface area contributed by atoms with Crippen LogP contribution in [0.3, 0.4) is 0 Å². The number of hydrogen-bond donors (Lipinski definition) is 1. The van der Waals surface area contributed by atoms with E-state index in [1.54, 1.807) is 44.7 Å². The number of halogens is 1. The molecule has 3 aromatic rings. The van der Waals surface area contributed by atoms with Crippen LogP contribution in [0.4, 0.5) is 0 Å². The van der Waals surface area contributed by atoms with Crippen molar-refractivity contribution in [3.05, 3.63) is 57.4 Å². The van der Waals surface area contributed by atoms with Gasteiger partial charge in [-0.25, -0.2) is 0 Å². The molecule has 2 N–H and O–H groups in total. The third-order valence-electron chi connectivity index (χ3n) is 4.55. The molecule has 0 atom stereocenters. The van der Waals surface area contributed by atoms with E-state index in [4.69, 9.17) is 14.6 Å². The molecule has 8 nitrogen and oxygen atoms in total. The van der Waals surface area contributed by atoms with E-state index >= 15 is 0 Å². The summed E-state index contributed by atoms with van der Waals surface area (Å²) in [5.41, 5.74) is 3.50. The summed E-state index contributed by atoms with van der Waals surface area (Å²) in [6, 6.07) is 10.5. The van der Waals surface area contributed by atoms with Crippen molar-refractivity contribution in [2.45, 2.75) is 11.3 Å². The maximum atomic E-state index is 11.5. The number of rotatable bonds is 5. The topological polar surface area (TPSA) is 110 Å². The molecule has 2 aromatic carbocycles. The van der Waals surface area contributed by atoms with E-state index < -0.39 is 10.0 Å². The fraction of sp³-hybridized carbons (Fsp3) is 0.211. The van der Waals surface area contributed by atoms with E-state index in [1.807, 2.05) is 12.1 Å². The summed E-state index contributed by atoms with van der Waals surface area (Å²) in [5, 5.41) is 5.19. The summed E-state index contributed by atoms with van der Waals surface area (Å²) >= 11 is -0.328. The van der Waals surface area contributed by atoms with Crippen molar-refractivity contribution in [2.24, 2.45) is 10.1 Å². The van der Waals surface area contributed by atoms with Gasteiger partial charge in [-0.15, -0.1) is 0 Å². The van der Waals surface area contributed by atoms with Gasteiger partial charge < -0.3 is 0 Å². The number of nitrogens with two attached hydrogens (primary N) is 1. The zero-order chi connectivity index (χ0) is 20.6. The summed E-state index contributed by atoms with van der Waals surface area (Å²) in [6.45, 7) is 0. The number of benzene rings is 2. The molecule has 0 amide bonds. The van der Waals surface area contributed by atoms with Gasteiger partial charge in [0.05, 0.1) is 0 Å². The summed E-state index contributed by atoms with van der Waals surface area (Å²) in [7, 11) is -0.499. The molecule has 10 heteroatoms. The average molecular weight is 526 g/mol. The summed E-state index contributed by atoms with van der Waals surface area (Å²) in [6.07, 6.45) is 2.46. The average Bonchev–Trinajstić information content (AvgIpc) is 2.72. The van der Waals surface area contributed by atoms with Crippen molar-refractivity contribution >= 4 is 21.1 Å². The molecule has 0 bridgehead atoms. The van der Waals surface area contributed by atoms with Crippen LogP contribution >= 0.6 is 0 Å². The number of methoxy groups -OCH3 is 2. The van der Waals surface area contributed by atoms with Gasteiger partial charge in [0.2, 0.25) is 0 Å². The van der Waals surface area contributed by atoms with Crippen molar-refractivity contribution in [2.75, 3.05) is 18.8 Å². The quantitative estimate of drug-likeness (QED) is 0.171. The molecule has 1 aliphatic heterocycles. The van der Waals surface area contributed by atoms with E-state index in [-0.39, 0.29) is 26.1 Å². The predicted molar refractivity (Wildman–Crippen MR) is 101 cm³/mol. The molecule has 0 spiro atoms. The first-order chi connectivity index (χ1) is 13.9. The molecule has 0 fully saturated rings.